The number of ether oxygens (including phenoxy) is 3. The van der Waals surface area contributed by atoms with Gasteiger partial charge in [0.2, 0.25) is 17.8 Å². The molecule has 9 rings (SSSR count). The number of aryl methyl sites for hydroxylation is 1. The van der Waals surface area contributed by atoms with Crippen molar-refractivity contribution in [1.82, 2.24) is 40.4 Å². The first kappa shape index (κ1) is 56.4. The smallest absolute Gasteiger partial charge is 0.259 e. The van der Waals surface area contributed by atoms with Crippen molar-refractivity contribution in [1.29, 1.82) is 0 Å². The number of rotatable bonds is 21. The van der Waals surface area contributed by atoms with Crippen molar-refractivity contribution in [3.63, 3.8) is 0 Å². The van der Waals surface area contributed by atoms with E-state index in [1.165, 1.54) is 16.2 Å². The molecule has 1 aromatic carbocycles. The van der Waals surface area contributed by atoms with Crippen LogP contribution in [0.4, 0.5) is 27.7 Å². The molecule has 4 fully saturated rings. The first-order chi connectivity index (χ1) is 37.4. The molecule has 78 heavy (non-hydrogen) atoms. The number of β-amino-alcohol motifs (C(OH)–C–C–N with tert-alkyl or cyclic N) is 1. The predicted molar refractivity (Wildman–Crippen MR) is 294 cm³/mol. The fourth-order valence-electron chi connectivity index (χ4n) is 10.8. The van der Waals surface area contributed by atoms with Crippen molar-refractivity contribution in [2.24, 2.45) is 5.41 Å². The van der Waals surface area contributed by atoms with Crippen LogP contribution in [0.1, 0.15) is 102 Å². The van der Waals surface area contributed by atoms with Gasteiger partial charge in [0, 0.05) is 81.5 Å². The molecule has 5 aliphatic rings. The zero-order valence-corrected chi connectivity index (χ0v) is 46.4. The van der Waals surface area contributed by atoms with E-state index in [1.807, 2.05) is 50.4 Å². The summed E-state index contributed by atoms with van der Waals surface area (Å²) in [5.41, 5.74) is 3.74. The number of carbonyl (C=O) groups is 4. The number of hydrogen-bond acceptors (Lipinski definition) is 17. The van der Waals surface area contributed by atoms with Crippen LogP contribution in [0.25, 0.3) is 10.4 Å². The van der Waals surface area contributed by atoms with Crippen LogP contribution < -0.4 is 30.5 Å². The second kappa shape index (κ2) is 24.4. The maximum absolute atomic E-state index is 14.7. The molecule has 2 saturated heterocycles. The van der Waals surface area contributed by atoms with E-state index in [1.54, 1.807) is 44.3 Å². The van der Waals surface area contributed by atoms with Gasteiger partial charge < -0.3 is 50.2 Å². The van der Waals surface area contributed by atoms with E-state index in [4.69, 9.17) is 19.2 Å². The van der Waals surface area contributed by atoms with Gasteiger partial charge in [0.15, 0.2) is 5.67 Å². The Bertz CT molecular complexity index is 2820. The van der Waals surface area contributed by atoms with E-state index in [-0.39, 0.29) is 62.6 Å². The van der Waals surface area contributed by atoms with E-state index < -0.39 is 47.0 Å². The molecule has 5 N–H and O–H groups in total. The molecular formula is C56H74FN11O9S. The summed E-state index contributed by atoms with van der Waals surface area (Å²) in [5, 5.41) is 29.9. The summed E-state index contributed by atoms with van der Waals surface area (Å²) in [4.78, 5) is 81.4. The lowest BCUT2D eigenvalue weighted by Crippen LogP contribution is -2.59. The molecule has 2 unspecified atom stereocenters. The molecule has 0 spiro atoms. The van der Waals surface area contributed by atoms with Gasteiger partial charge in [-0.05, 0) is 68.7 Å². The lowest BCUT2D eigenvalue weighted by atomic mass is 9.85. The number of hydrogen-bond donors (Lipinski definition) is 5. The third-order valence-corrected chi connectivity index (χ3v) is 16.4. The number of fused-ring (bicyclic) bond motifs is 1. The Hall–Kier alpha value is -6.33. The van der Waals surface area contributed by atoms with Gasteiger partial charge in [-0.15, -0.1) is 11.3 Å². The molecule has 4 amide bonds. The van der Waals surface area contributed by atoms with Crippen molar-refractivity contribution >= 4 is 58.2 Å². The van der Waals surface area contributed by atoms with E-state index in [0.29, 0.717) is 60.9 Å². The Morgan fingerprint density at radius 1 is 0.962 bits per heavy atom. The Balaban J connectivity index is 0.696. The number of piperazine rings is 1. The van der Waals surface area contributed by atoms with Crippen molar-refractivity contribution in [2.75, 3.05) is 87.4 Å². The number of thiazole rings is 1. The van der Waals surface area contributed by atoms with Crippen LogP contribution in [0, 0.1) is 12.3 Å². The normalized spacial score (nSPS) is 21.6. The summed E-state index contributed by atoms with van der Waals surface area (Å²) in [6, 6.07) is 7.62. The summed E-state index contributed by atoms with van der Waals surface area (Å²) in [6.45, 7) is 16.8. The molecule has 20 nitrogen and oxygen atoms in total. The monoisotopic (exact) mass is 1100 g/mol. The molecular weight excluding hydrogens is 1020 g/mol. The number of amides is 4. The topological polar surface area (TPSA) is 237 Å². The molecule has 6 heterocycles. The summed E-state index contributed by atoms with van der Waals surface area (Å²) >= 11 is 1.51. The SMILES string of the molecule is C/C(O)=C1\C(=O)N(C2CCCC2)c2nc(Nc3ccc(N4CCN(CCOCCOCCOc5cc(-c6scnc6C)ccc5CNC(=O)[C@@H]5C[C@@H](O)CN5C(=O)C(NC(=O)C5(F)CC5)C(C)(C)C)CC4)cn3)ncc2C1C. The number of aliphatic hydroxyl groups excluding tert-OH is 2. The van der Waals surface area contributed by atoms with Crippen LogP contribution in [-0.2, 0) is 35.2 Å². The Morgan fingerprint density at radius 2 is 1.69 bits per heavy atom. The van der Waals surface area contributed by atoms with Gasteiger partial charge in [-0.3, -0.25) is 29.0 Å². The maximum Gasteiger partial charge on any atom is 0.259 e. The largest absolute Gasteiger partial charge is 0.512 e. The standard InChI is InChI=1S/C56H74FN11O9S/c1-34-42-31-60-54(64-49(42)68(39-9-7-8-10-39)51(72)46(34)36(3)69)62-45-14-13-40(30-58-45)66-19-17-65(18-20-66)21-22-75-23-24-76-25-26-77-44-27-37(47-35(2)61-33-78-47)11-12-38(44)29-59-50(71)43-28-41(70)32-67(43)52(73)48(55(4,5)6)63-53(74)56(57)15-16-56/h11-14,27,30-31,33-34,39,41,43,48,69-70H,7-10,15-26,28-29,32H2,1-6H3,(H,59,71)(H,63,74)(H,58,60,62,64)/b46-36+/t34?,41-,43+,48?/m1/s1. The molecule has 0 radical (unpaired) electrons. The minimum Gasteiger partial charge on any atom is -0.512 e. The molecule has 22 heteroatoms. The lowest BCUT2D eigenvalue weighted by molar-refractivity contribution is -0.145. The number of aromatic nitrogens is 4. The summed E-state index contributed by atoms with van der Waals surface area (Å²) in [5.74, 6) is -0.233. The number of benzene rings is 1. The number of anilines is 4. The van der Waals surface area contributed by atoms with Crippen LogP contribution >= 0.6 is 11.3 Å². The number of nitrogens with zero attached hydrogens (tertiary/aromatic N) is 8. The van der Waals surface area contributed by atoms with Gasteiger partial charge in [0.05, 0.1) is 71.8 Å². The quantitative estimate of drug-likeness (QED) is 0.0359. The molecule has 4 aromatic rings. The highest BCUT2D eigenvalue weighted by molar-refractivity contribution is 7.13. The fourth-order valence-corrected chi connectivity index (χ4v) is 11.6. The minimum absolute atomic E-state index is 0.0170. The zero-order valence-electron chi connectivity index (χ0n) is 45.6. The van der Waals surface area contributed by atoms with Crippen molar-refractivity contribution in [2.45, 2.75) is 129 Å². The molecule has 0 bridgehead atoms. The minimum atomic E-state index is -1.98. The molecule has 420 valence electrons. The molecule has 2 aliphatic carbocycles. The lowest BCUT2D eigenvalue weighted by Gasteiger charge is -2.37. The molecule has 2 saturated carbocycles. The van der Waals surface area contributed by atoms with Gasteiger partial charge in [-0.2, -0.15) is 4.98 Å². The third kappa shape index (κ3) is 13.0. The Morgan fingerprint density at radius 3 is 2.36 bits per heavy atom. The first-order valence-corrected chi connectivity index (χ1v) is 28.1. The van der Waals surface area contributed by atoms with Gasteiger partial charge in [0.25, 0.3) is 11.8 Å². The summed E-state index contributed by atoms with van der Waals surface area (Å²) < 4.78 is 32.8. The van der Waals surface area contributed by atoms with Crippen LogP contribution in [0.15, 0.2) is 59.6 Å². The number of allylic oxidation sites excluding steroid dienone is 1. The number of likely N-dealkylation sites (tertiary alicyclic amines) is 1. The van der Waals surface area contributed by atoms with E-state index in [9.17, 15) is 33.8 Å². The maximum atomic E-state index is 14.7. The van der Waals surface area contributed by atoms with Crippen LogP contribution in [0.3, 0.4) is 0 Å². The van der Waals surface area contributed by atoms with Crippen molar-refractivity contribution in [3.05, 3.63) is 76.4 Å². The van der Waals surface area contributed by atoms with E-state index in [0.717, 1.165) is 85.8 Å². The highest BCUT2D eigenvalue weighted by Crippen LogP contribution is 2.43. The first-order valence-electron chi connectivity index (χ1n) is 27.3. The van der Waals surface area contributed by atoms with Crippen LogP contribution in [0.5, 0.6) is 5.75 Å². The van der Waals surface area contributed by atoms with E-state index >= 15 is 0 Å². The average molecular weight is 1100 g/mol. The summed E-state index contributed by atoms with van der Waals surface area (Å²) in [6.07, 6.45) is 6.76. The molecule has 4 atom stereocenters. The Kier molecular flexibility index (Phi) is 17.6. The summed E-state index contributed by atoms with van der Waals surface area (Å²) in [7, 11) is 0. The number of carbonyl (C=O) groups excluding carboxylic acids is 4. The van der Waals surface area contributed by atoms with Crippen molar-refractivity contribution < 1.29 is 48.0 Å². The second-order valence-electron chi connectivity index (χ2n) is 22.2. The van der Waals surface area contributed by atoms with Crippen LogP contribution in [-0.4, -0.2) is 166 Å². The van der Waals surface area contributed by atoms with Gasteiger partial charge in [-0.1, -0.05) is 52.7 Å². The number of pyridine rings is 1. The number of nitrogens with one attached hydrogen (secondary N) is 3. The van der Waals surface area contributed by atoms with Gasteiger partial charge in [-0.25, -0.2) is 19.3 Å². The highest BCUT2D eigenvalue weighted by atomic mass is 32.1. The molecule has 3 aromatic heterocycles. The highest BCUT2D eigenvalue weighted by Gasteiger charge is 2.53. The zero-order chi connectivity index (χ0) is 55.3. The van der Waals surface area contributed by atoms with Gasteiger partial charge in [0.1, 0.15) is 36.1 Å². The third-order valence-electron chi connectivity index (χ3n) is 15.5. The fraction of sp³-hybridized carbons (Fsp3) is 0.571. The van der Waals surface area contributed by atoms with Gasteiger partial charge >= 0.3 is 0 Å². The predicted octanol–water partition coefficient (Wildman–Crippen LogP) is 6.12. The van der Waals surface area contributed by atoms with Crippen molar-refractivity contribution in [3.8, 4) is 16.2 Å². The number of alkyl halides is 1. The average Bonchev–Trinajstić information content (AvgIpc) is 3.85. The molecule has 3 aliphatic heterocycles. The van der Waals surface area contributed by atoms with Crippen LogP contribution in [0.2, 0.25) is 0 Å². The van der Waals surface area contributed by atoms with E-state index in [2.05, 4.69) is 40.7 Å². The number of halogens is 1. The number of aliphatic hydroxyl groups is 2. The second-order valence-corrected chi connectivity index (χ2v) is 23.0. The Labute approximate surface area is 459 Å².